The van der Waals surface area contributed by atoms with Crippen LogP contribution in [0.4, 0.5) is 0 Å². The highest BCUT2D eigenvalue weighted by Crippen LogP contribution is 2.55. The van der Waals surface area contributed by atoms with Crippen molar-refractivity contribution in [3.8, 4) is 0 Å². The summed E-state index contributed by atoms with van der Waals surface area (Å²) in [5.74, 6) is 1.81. The first kappa shape index (κ1) is 13.8. The van der Waals surface area contributed by atoms with Gasteiger partial charge in [0.25, 0.3) is 0 Å². The number of carbonyl (C=O) groups excluding carboxylic acids is 1. The highest BCUT2D eigenvalue weighted by molar-refractivity contribution is 5.82. The van der Waals surface area contributed by atoms with Gasteiger partial charge in [-0.15, -0.1) is 0 Å². The van der Waals surface area contributed by atoms with Crippen molar-refractivity contribution in [2.24, 2.45) is 17.8 Å². The number of hydrogen-bond donors (Lipinski definition) is 1. The van der Waals surface area contributed by atoms with Crippen molar-refractivity contribution < 1.29 is 14.3 Å². The van der Waals surface area contributed by atoms with Crippen LogP contribution in [0.3, 0.4) is 0 Å². The van der Waals surface area contributed by atoms with Crippen LogP contribution in [0.5, 0.6) is 0 Å². The number of nitrogens with one attached hydrogen (secondary N) is 1. The molecule has 2 atom stereocenters. The Morgan fingerprint density at radius 3 is 2.22 bits per heavy atom. The van der Waals surface area contributed by atoms with Gasteiger partial charge >= 0.3 is 0 Å². The van der Waals surface area contributed by atoms with E-state index in [9.17, 15) is 4.79 Å². The molecule has 1 N–H and O–H groups in total. The second kappa shape index (κ2) is 6.53. The largest absolute Gasteiger partial charge is 0.351 e. The Morgan fingerprint density at radius 1 is 1.17 bits per heavy atom. The summed E-state index contributed by atoms with van der Waals surface area (Å²) in [6.45, 7) is 5.55. The molecule has 0 radical (unpaired) electrons. The molecule has 4 heteroatoms. The van der Waals surface area contributed by atoms with Crippen LogP contribution in [0.1, 0.15) is 39.5 Å². The fraction of sp³-hybridized carbons (Fsp3) is 0.929. The van der Waals surface area contributed by atoms with Crippen molar-refractivity contribution in [2.75, 3.05) is 19.8 Å². The third-order valence-electron chi connectivity index (χ3n) is 4.11. The van der Waals surface area contributed by atoms with E-state index < -0.39 is 0 Å². The van der Waals surface area contributed by atoms with E-state index in [1.807, 2.05) is 13.8 Å². The fourth-order valence-electron chi connectivity index (χ4n) is 3.22. The Hall–Kier alpha value is -0.610. The average Bonchev–Trinajstić information content (AvgIpc) is 3.10. The van der Waals surface area contributed by atoms with Gasteiger partial charge < -0.3 is 14.8 Å². The molecule has 2 rings (SSSR count). The number of ether oxygens (including phenoxy) is 2. The lowest BCUT2D eigenvalue weighted by Crippen LogP contribution is -2.36. The van der Waals surface area contributed by atoms with Crippen LogP contribution in [0.15, 0.2) is 0 Å². The third-order valence-corrected chi connectivity index (χ3v) is 4.11. The van der Waals surface area contributed by atoms with E-state index in [1.54, 1.807) is 0 Å². The molecular weight excluding hydrogens is 230 g/mol. The number of hydrogen-bond acceptors (Lipinski definition) is 3. The highest BCUT2D eigenvalue weighted by Gasteiger charge is 2.54. The summed E-state index contributed by atoms with van der Waals surface area (Å²) < 4.78 is 10.8. The summed E-state index contributed by atoms with van der Waals surface area (Å²) in [6, 6.07) is 0. The van der Waals surface area contributed by atoms with Crippen molar-refractivity contribution in [3.63, 3.8) is 0 Å². The zero-order valence-corrected chi connectivity index (χ0v) is 11.5. The molecule has 0 heterocycles. The predicted octanol–water partition coefficient (Wildman–Crippen LogP) is 1.94. The standard InChI is InChI=1S/C14H25NO3/c1-3-17-12(18-4-2)9-15-14(16)13-10-7-5-6-8-11(10)13/h10-13H,3-9H2,1-2H3,(H,15,16). The first-order chi connectivity index (χ1) is 8.77. The van der Waals surface area contributed by atoms with E-state index >= 15 is 0 Å². The van der Waals surface area contributed by atoms with Gasteiger partial charge in [0, 0.05) is 19.1 Å². The lowest BCUT2D eigenvalue weighted by molar-refractivity contribution is -0.141. The minimum atomic E-state index is -0.301. The lowest BCUT2D eigenvalue weighted by Gasteiger charge is -2.17. The molecule has 2 unspecified atom stereocenters. The van der Waals surface area contributed by atoms with Gasteiger partial charge in [-0.25, -0.2) is 0 Å². The van der Waals surface area contributed by atoms with Gasteiger partial charge in [0.15, 0.2) is 6.29 Å². The van der Waals surface area contributed by atoms with E-state index in [2.05, 4.69) is 5.32 Å². The zero-order chi connectivity index (χ0) is 13.0. The van der Waals surface area contributed by atoms with Crippen LogP contribution in [-0.4, -0.2) is 32.0 Å². The molecule has 104 valence electrons. The molecule has 4 nitrogen and oxygen atoms in total. The Kier molecular flexibility index (Phi) is 5.01. The van der Waals surface area contributed by atoms with E-state index in [1.165, 1.54) is 25.7 Å². The van der Waals surface area contributed by atoms with Gasteiger partial charge in [-0.2, -0.15) is 0 Å². The molecule has 0 aromatic heterocycles. The summed E-state index contributed by atoms with van der Waals surface area (Å²) in [4.78, 5) is 12.1. The van der Waals surface area contributed by atoms with Crippen molar-refractivity contribution in [3.05, 3.63) is 0 Å². The SMILES string of the molecule is CCOC(CNC(=O)C1C2CCCCC21)OCC. The van der Waals surface area contributed by atoms with E-state index in [-0.39, 0.29) is 18.1 Å². The Bertz CT molecular complexity index is 264. The third kappa shape index (κ3) is 3.23. The van der Waals surface area contributed by atoms with Gasteiger partial charge in [-0.1, -0.05) is 12.8 Å². The molecule has 18 heavy (non-hydrogen) atoms. The molecule has 0 aromatic rings. The van der Waals surface area contributed by atoms with Crippen LogP contribution in [0.2, 0.25) is 0 Å². The van der Waals surface area contributed by atoms with Crippen molar-refractivity contribution in [1.29, 1.82) is 0 Å². The van der Waals surface area contributed by atoms with Gasteiger partial charge in [0.1, 0.15) is 0 Å². The van der Waals surface area contributed by atoms with Gasteiger partial charge in [-0.05, 0) is 38.5 Å². The van der Waals surface area contributed by atoms with Crippen LogP contribution < -0.4 is 5.32 Å². The second-order valence-corrected chi connectivity index (χ2v) is 5.22. The minimum absolute atomic E-state index is 0.205. The second-order valence-electron chi connectivity index (χ2n) is 5.22. The molecule has 0 aliphatic heterocycles. The molecule has 2 aliphatic rings. The predicted molar refractivity (Wildman–Crippen MR) is 69.0 cm³/mol. The Balaban J connectivity index is 1.71. The molecule has 0 aromatic carbocycles. The van der Waals surface area contributed by atoms with Crippen LogP contribution in [0, 0.1) is 17.8 Å². The summed E-state index contributed by atoms with van der Waals surface area (Å²) in [7, 11) is 0. The summed E-state index contributed by atoms with van der Waals surface area (Å²) in [5.41, 5.74) is 0. The molecule has 0 saturated heterocycles. The first-order valence-corrected chi connectivity index (χ1v) is 7.28. The van der Waals surface area contributed by atoms with Crippen molar-refractivity contribution in [1.82, 2.24) is 5.32 Å². The molecule has 2 saturated carbocycles. The Labute approximate surface area is 109 Å². The van der Waals surface area contributed by atoms with Crippen molar-refractivity contribution >= 4 is 5.91 Å². The molecule has 0 spiro atoms. The van der Waals surface area contributed by atoms with Crippen molar-refractivity contribution in [2.45, 2.75) is 45.8 Å². The first-order valence-electron chi connectivity index (χ1n) is 7.28. The number of carbonyl (C=O) groups is 1. The molecule has 1 amide bonds. The maximum atomic E-state index is 12.1. The highest BCUT2D eigenvalue weighted by atomic mass is 16.7. The molecule has 2 fully saturated rings. The minimum Gasteiger partial charge on any atom is -0.351 e. The van der Waals surface area contributed by atoms with E-state index in [0.29, 0.717) is 31.6 Å². The maximum Gasteiger partial charge on any atom is 0.223 e. The average molecular weight is 255 g/mol. The molecule has 0 bridgehead atoms. The van der Waals surface area contributed by atoms with Crippen LogP contribution >= 0.6 is 0 Å². The maximum absolute atomic E-state index is 12.1. The van der Waals surface area contributed by atoms with E-state index in [4.69, 9.17) is 9.47 Å². The monoisotopic (exact) mass is 255 g/mol. The Morgan fingerprint density at radius 2 is 1.72 bits per heavy atom. The van der Waals surface area contributed by atoms with Gasteiger partial charge in [0.2, 0.25) is 5.91 Å². The lowest BCUT2D eigenvalue weighted by atomic mass is 10.0. The zero-order valence-electron chi connectivity index (χ0n) is 11.5. The topological polar surface area (TPSA) is 47.6 Å². The number of amides is 1. The van der Waals surface area contributed by atoms with E-state index in [0.717, 1.165) is 0 Å². The molecule has 2 aliphatic carbocycles. The van der Waals surface area contributed by atoms with Gasteiger partial charge in [0.05, 0.1) is 6.54 Å². The quantitative estimate of drug-likeness (QED) is 0.707. The molecular formula is C14H25NO3. The van der Waals surface area contributed by atoms with Crippen LogP contribution in [-0.2, 0) is 14.3 Å². The summed E-state index contributed by atoms with van der Waals surface area (Å²) in [6.07, 6.45) is 4.77. The number of rotatable bonds is 7. The van der Waals surface area contributed by atoms with Gasteiger partial charge in [-0.3, -0.25) is 4.79 Å². The number of fused-ring (bicyclic) bond motifs is 1. The normalized spacial score (nSPS) is 30.1. The summed E-state index contributed by atoms with van der Waals surface area (Å²) >= 11 is 0. The smallest absolute Gasteiger partial charge is 0.223 e. The van der Waals surface area contributed by atoms with Crippen LogP contribution in [0.25, 0.3) is 0 Å². The summed E-state index contributed by atoms with van der Waals surface area (Å²) in [5, 5.41) is 2.98. The fourth-order valence-corrected chi connectivity index (χ4v) is 3.22.